The van der Waals surface area contributed by atoms with Crippen molar-refractivity contribution in [2.75, 3.05) is 32.6 Å². The second kappa shape index (κ2) is 16.1. The third-order valence-corrected chi connectivity index (χ3v) is 13.5. The summed E-state index contributed by atoms with van der Waals surface area (Å²) in [4.78, 5) is 64.7. The van der Waals surface area contributed by atoms with E-state index in [9.17, 15) is 27.6 Å². The quantitative estimate of drug-likeness (QED) is 0.249. The molecule has 1 aromatic heterocycles. The number of sulfonamides is 1. The zero-order chi connectivity index (χ0) is 39.8. The van der Waals surface area contributed by atoms with Crippen molar-refractivity contribution in [3.63, 3.8) is 0 Å². The van der Waals surface area contributed by atoms with Crippen molar-refractivity contribution in [2.24, 2.45) is 29.1 Å². The molecule has 2 aliphatic carbocycles. The van der Waals surface area contributed by atoms with E-state index in [1.165, 1.54) is 4.90 Å². The van der Waals surface area contributed by atoms with E-state index in [0.29, 0.717) is 43.1 Å². The first-order valence-electron chi connectivity index (χ1n) is 19.6. The Morgan fingerprint density at radius 2 is 1.84 bits per heavy atom. The van der Waals surface area contributed by atoms with Gasteiger partial charge in [-0.1, -0.05) is 26.0 Å². The average molecular weight is 781 g/mol. The predicted octanol–water partition coefficient (Wildman–Crippen LogP) is 5.20. The number of carbonyl (C=O) groups excluding carboxylic acids is 4. The number of rotatable bonds is 10. The fourth-order valence-electron chi connectivity index (χ4n) is 8.27. The molecule has 14 heteroatoms. The Morgan fingerprint density at radius 1 is 1.09 bits per heavy atom. The lowest BCUT2D eigenvalue weighted by Gasteiger charge is -2.32. The molecule has 2 aliphatic heterocycles. The van der Waals surface area contributed by atoms with Gasteiger partial charge in [0.2, 0.25) is 27.7 Å². The zero-order valence-corrected chi connectivity index (χ0v) is 33.9. The molecular weight excluding hydrogens is 725 g/mol. The number of ether oxygens (including phenoxy) is 3. The highest BCUT2D eigenvalue weighted by molar-refractivity contribution is 7.90. The number of carbonyl (C=O) groups is 4. The SMILES string of the molecule is COc1ccc2c(O[C@@H]3C[C@H]4C(=O)C[C@]5(C(=O)NS(=O)(=O)C6CC6)C[C@H]5/C=C\CC[C@H](C)C[C@@H](C)[C@H](CC(=O)OC(C)C)C(=O)N4C3)nc(N(C)C)cc2c1. The number of hydrogen-bond donors (Lipinski definition) is 1. The van der Waals surface area contributed by atoms with Crippen LogP contribution >= 0.6 is 0 Å². The van der Waals surface area contributed by atoms with Gasteiger partial charge in [0, 0.05) is 32.3 Å². The van der Waals surface area contributed by atoms with E-state index in [0.717, 1.165) is 23.6 Å². The highest BCUT2D eigenvalue weighted by atomic mass is 32.2. The van der Waals surface area contributed by atoms with Crippen molar-refractivity contribution in [1.29, 1.82) is 0 Å². The monoisotopic (exact) mass is 780 g/mol. The third-order valence-electron chi connectivity index (χ3n) is 11.6. The van der Waals surface area contributed by atoms with E-state index in [4.69, 9.17) is 19.2 Å². The maximum atomic E-state index is 14.9. The van der Waals surface area contributed by atoms with E-state index >= 15 is 0 Å². The standard InChI is InChI=1S/C41H56N4O9S/c1-24(2)53-37(47)20-33-26(4)16-25(3)10-8-9-11-28-21-41(28,40(49)43-55(50,51)31-13-14-31)22-35(46)34-19-30(23-45(34)39(33)48)54-38-32-15-12-29(52-7)17-27(32)18-36(42-38)44(5)6/h9,11-12,15,17-18,24-26,28,30-31,33-34H,8,10,13-14,16,19-23H2,1-7H3,(H,43,49)/b11-9-/t25-,26+,28+,30+,33-,34-,41+/m0/s1. The zero-order valence-electron chi connectivity index (χ0n) is 33.1. The summed E-state index contributed by atoms with van der Waals surface area (Å²) in [5.41, 5.74) is -1.25. The molecule has 55 heavy (non-hydrogen) atoms. The fraction of sp³-hybridized carbons (Fsp3) is 0.634. The van der Waals surface area contributed by atoms with Crippen LogP contribution in [0.15, 0.2) is 36.4 Å². The van der Waals surface area contributed by atoms with Gasteiger partial charge in [0.15, 0.2) is 5.78 Å². The molecule has 4 aliphatic rings. The van der Waals surface area contributed by atoms with Crippen molar-refractivity contribution in [3.05, 3.63) is 36.4 Å². The third kappa shape index (κ3) is 9.10. The van der Waals surface area contributed by atoms with Crippen molar-refractivity contribution in [2.45, 2.75) is 109 Å². The summed E-state index contributed by atoms with van der Waals surface area (Å²) in [6, 6.07) is 6.51. The lowest BCUT2D eigenvalue weighted by Crippen LogP contribution is -2.47. The van der Waals surface area contributed by atoms with Crippen molar-refractivity contribution in [3.8, 4) is 11.6 Å². The van der Waals surface area contributed by atoms with Gasteiger partial charge in [0.25, 0.3) is 0 Å². The normalized spacial score (nSPS) is 29.4. The van der Waals surface area contributed by atoms with Crippen LogP contribution in [0.4, 0.5) is 5.82 Å². The van der Waals surface area contributed by atoms with Crippen molar-refractivity contribution < 1.29 is 41.8 Å². The topological polar surface area (TPSA) is 162 Å². The molecule has 3 fully saturated rings. The number of anilines is 1. The molecule has 13 nitrogen and oxygen atoms in total. The van der Waals surface area contributed by atoms with Gasteiger partial charge < -0.3 is 24.0 Å². The fourth-order valence-corrected chi connectivity index (χ4v) is 9.66. The summed E-state index contributed by atoms with van der Waals surface area (Å²) in [6.45, 7) is 7.67. The molecule has 1 N–H and O–H groups in total. The number of amides is 2. The van der Waals surface area contributed by atoms with E-state index < -0.39 is 50.6 Å². The number of pyridine rings is 1. The molecule has 7 atom stereocenters. The van der Waals surface area contributed by atoms with Crippen LogP contribution in [0.3, 0.4) is 0 Å². The number of Topliss-reactive ketones (excluding diaryl/α,β-unsaturated/α-hetero) is 1. The number of ketones is 1. The number of hydrogen-bond acceptors (Lipinski definition) is 11. The molecule has 3 heterocycles. The molecule has 1 saturated heterocycles. The van der Waals surface area contributed by atoms with Crippen LogP contribution in [0.25, 0.3) is 10.8 Å². The number of allylic oxidation sites excluding steroid dienone is 2. The van der Waals surface area contributed by atoms with E-state index in [1.54, 1.807) is 21.0 Å². The summed E-state index contributed by atoms with van der Waals surface area (Å²) in [7, 11) is 1.48. The Balaban J connectivity index is 1.37. The van der Waals surface area contributed by atoms with Gasteiger partial charge in [-0.05, 0) is 99.8 Å². The molecule has 0 bridgehead atoms. The van der Waals surface area contributed by atoms with Crippen LogP contribution in [-0.2, 0) is 33.9 Å². The van der Waals surface area contributed by atoms with Crippen molar-refractivity contribution in [1.82, 2.24) is 14.6 Å². The lowest BCUT2D eigenvalue weighted by atomic mass is 9.82. The van der Waals surface area contributed by atoms with Gasteiger partial charge in [-0.25, -0.2) is 8.42 Å². The molecule has 6 rings (SSSR count). The van der Waals surface area contributed by atoms with Gasteiger partial charge >= 0.3 is 5.97 Å². The number of nitrogens with one attached hydrogen (secondary N) is 1. The average Bonchev–Trinajstić information content (AvgIpc) is 4.04. The van der Waals surface area contributed by atoms with Gasteiger partial charge in [-0.15, -0.1) is 0 Å². The van der Waals surface area contributed by atoms with E-state index in [1.807, 2.05) is 62.3 Å². The summed E-state index contributed by atoms with van der Waals surface area (Å²) in [5.74, 6) is -1.27. The maximum Gasteiger partial charge on any atom is 0.306 e. The van der Waals surface area contributed by atoms with Crippen LogP contribution in [0.2, 0.25) is 0 Å². The number of aromatic nitrogens is 1. The molecule has 2 saturated carbocycles. The van der Waals surface area contributed by atoms with Crippen LogP contribution < -0.4 is 19.1 Å². The second-order valence-electron chi connectivity index (χ2n) is 16.7. The number of fused-ring (bicyclic) bond motifs is 3. The molecule has 300 valence electrons. The Labute approximate surface area is 324 Å². The Bertz CT molecular complexity index is 1940. The van der Waals surface area contributed by atoms with Gasteiger partial charge in [-0.3, -0.25) is 23.9 Å². The number of methoxy groups -OCH3 is 1. The summed E-state index contributed by atoms with van der Waals surface area (Å²) < 4.78 is 45.8. The van der Waals surface area contributed by atoms with Crippen LogP contribution in [0.1, 0.15) is 85.5 Å². The molecule has 2 amide bonds. The van der Waals surface area contributed by atoms with E-state index in [2.05, 4.69) is 11.6 Å². The van der Waals surface area contributed by atoms with Gasteiger partial charge in [0.05, 0.1) is 48.8 Å². The van der Waals surface area contributed by atoms with Crippen LogP contribution in [-0.4, -0.2) is 93.1 Å². The van der Waals surface area contributed by atoms with Crippen molar-refractivity contribution >= 4 is 50.2 Å². The minimum absolute atomic E-state index is 0.0529. The summed E-state index contributed by atoms with van der Waals surface area (Å²) in [5, 5.41) is 0.964. The smallest absolute Gasteiger partial charge is 0.306 e. The highest BCUT2D eigenvalue weighted by Gasteiger charge is 2.61. The largest absolute Gasteiger partial charge is 0.497 e. The number of nitrogens with zero attached hydrogens (tertiary/aromatic N) is 3. The Kier molecular flexibility index (Phi) is 11.9. The minimum atomic E-state index is -3.85. The minimum Gasteiger partial charge on any atom is -0.497 e. The Morgan fingerprint density at radius 3 is 2.51 bits per heavy atom. The molecule has 1 aromatic carbocycles. The van der Waals surface area contributed by atoms with Gasteiger partial charge in [-0.2, -0.15) is 4.98 Å². The second-order valence-corrected chi connectivity index (χ2v) is 18.7. The number of esters is 1. The van der Waals surface area contributed by atoms with Crippen LogP contribution in [0.5, 0.6) is 11.6 Å². The molecule has 0 unspecified atom stereocenters. The first-order chi connectivity index (χ1) is 26.0. The summed E-state index contributed by atoms with van der Waals surface area (Å²) in [6.07, 6.45) is 6.25. The first kappa shape index (κ1) is 40.5. The van der Waals surface area contributed by atoms with Crippen LogP contribution in [0, 0.1) is 29.1 Å². The maximum absolute atomic E-state index is 14.9. The lowest BCUT2D eigenvalue weighted by molar-refractivity contribution is -0.154. The highest BCUT2D eigenvalue weighted by Crippen LogP contribution is 2.57. The predicted molar refractivity (Wildman–Crippen MR) is 208 cm³/mol. The number of benzene rings is 1. The first-order valence-corrected chi connectivity index (χ1v) is 21.1. The van der Waals surface area contributed by atoms with E-state index in [-0.39, 0.29) is 61.4 Å². The summed E-state index contributed by atoms with van der Waals surface area (Å²) >= 11 is 0. The molecular formula is C41H56N4O9S. The Hall–Kier alpha value is -4.20. The molecule has 0 radical (unpaired) electrons. The molecule has 0 spiro atoms. The van der Waals surface area contributed by atoms with Gasteiger partial charge in [0.1, 0.15) is 17.7 Å². The molecule has 2 aromatic rings.